The molecule has 0 aromatic heterocycles. The fourth-order valence-electron chi connectivity index (χ4n) is 1.99. The van der Waals surface area contributed by atoms with Gasteiger partial charge in [-0.25, -0.2) is 4.79 Å². The van der Waals surface area contributed by atoms with E-state index in [1.165, 1.54) is 6.08 Å². The molecule has 1 fully saturated rings. The summed E-state index contributed by atoms with van der Waals surface area (Å²) >= 11 is 0. The third kappa shape index (κ3) is 3.74. The summed E-state index contributed by atoms with van der Waals surface area (Å²) in [6.45, 7) is 3.64. The smallest absolute Gasteiger partial charge is 0.328 e. The van der Waals surface area contributed by atoms with Crippen LogP contribution in [0.25, 0.3) is 6.08 Å². The predicted molar refractivity (Wildman–Crippen MR) is 74.1 cm³/mol. The average Bonchev–Trinajstić information content (AvgIpc) is 2.92. The first-order valence-corrected chi connectivity index (χ1v) is 6.62. The van der Waals surface area contributed by atoms with E-state index in [4.69, 9.17) is 19.3 Å². The van der Waals surface area contributed by atoms with E-state index in [0.717, 1.165) is 12.5 Å². The number of ether oxygens (including phenoxy) is 3. The number of carboxylic acids is 1. The van der Waals surface area contributed by atoms with Gasteiger partial charge in [0.1, 0.15) is 6.10 Å². The first kappa shape index (κ1) is 14.4. The monoisotopic (exact) mass is 278 g/mol. The van der Waals surface area contributed by atoms with Crippen LogP contribution in [0.2, 0.25) is 0 Å². The molecule has 2 rings (SSSR count). The molecule has 0 bridgehead atoms. The van der Waals surface area contributed by atoms with E-state index < -0.39 is 5.97 Å². The van der Waals surface area contributed by atoms with Gasteiger partial charge >= 0.3 is 5.97 Å². The standard InChI is InChI=1S/C15H18O5/c1-2-19-13-5-3-4-11(6-7-14(16)17)15(13)20-12-8-9-18-10-12/h3-7,12H,2,8-10H2,1H3,(H,16,17). The molecule has 0 radical (unpaired) electrons. The highest BCUT2D eigenvalue weighted by Gasteiger charge is 2.20. The summed E-state index contributed by atoms with van der Waals surface area (Å²) in [5, 5.41) is 8.74. The molecule has 1 aliphatic heterocycles. The van der Waals surface area contributed by atoms with Gasteiger partial charge in [0.05, 0.1) is 19.8 Å². The summed E-state index contributed by atoms with van der Waals surface area (Å²) in [5.74, 6) is 0.191. The van der Waals surface area contributed by atoms with Gasteiger partial charge in [-0.2, -0.15) is 0 Å². The van der Waals surface area contributed by atoms with E-state index in [-0.39, 0.29) is 6.10 Å². The number of rotatable bonds is 6. The Hall–Kier alpha value is -2.01. The van der Waals surface area contributed by atoms with Crippen LogP contribution in [0.1, 0.15) is 18.9 Å². The molecule has 20 heavy (non-hydrogen) atoms. The Morgan fingerprint density at radius 2 is 2.40 bits per heavy atom. The van der Waals surface area contributed by atoms with Crippen molar-refractivity contribution < 1.29 is 24.1 Å². The van der Waals surface area contributed by atoms with E-state index >= 15 is 0 Å². The summed E-state index contributed by atoms with van der Waals surface area (Å²) < 4.78 is 16.8. The first-order valence-electron chi connectivity index (χ1n) is 6.62. The van der Waals surface area contributed by atoms with Gasteiger partial charge in [-0.15, -0.1) is 0 Å². The highest BCUT2D eigenvalue weighted by Crippen LogP contribution is 2.34. The van der Waals surface area contributed by atoms with Crippen molar-refractivity contribution >= 4 is 12.0 Å². The van der Waals surface area contributed by atoms with Crippen molar-refractivity contribution in [1.29, 1.82) is 0 Å². The Bertz CT molecular complexity index is 489. The lowest BCUT2D eigenvalue weighted by atomic mass is 10.1. The number of para-hydroxylation sites is 1. The second-order valence-electron chi connectivity index (χ2n) is 4.38. The second kappa shape index (κ2) is 6.96. The number of benzene rings is 1. The third-order valence-electron chi connectivity index (χ3n) is 2.89. The summed E-state index contributed by atoms with van der Waals surface area (Å²) in [6.07, 6.45) is 3.40. The number of hydrogen-bond donors (Lipinski definition) is 1. The Kier molecular flexibility index (Phi) is 5.01. The van der Waals surface area contributed by atoms with Crippen LogP contribution in [0, 0.1) is 0 Å². The summed E-state index contributed by atoms with van der Waals surface area (Å²) in [6, 6.07) is 5.42. The number of carbonyl (C=O) groups is 1. The van der Waals surface area contributed by atoms with Crippen LogP contribution >= 0.6 is 0 Å². The molecular weight excluding hydrogens is 260 g/mol. The predicted octanol–water partition coefficient (Wildman–Crippen LogP) is 2.35. The zero-order valence-electron chi connectivity index (χ0n) is 11.4. The zero-order chi connectivity index (χ0) is 14.4. The molecule has 1 unspecified atom stereocenters. The van der Waals surface area contributed by atoms with Gasteiger partial charge in [0.2, 0.25) is 0 Å². The van der Waals surface area contributed by atoms with Crippen molar-refractivity contribution in [3.63, 3.8) is 0 Å². The lowest BCUT2D eigenvalue weighted by Crippen LogP contribution is -2.17. The van der Waals surface area contributed by atoms with Crippen LogP contribution in [0.4, 0.5) is 0 Å². The van der Waals surface area contributed by atoms with Gasteiger partial charge in [-0.05, 0) is 19.1 Å². The number of aliphatic carboxylic acids is 1. The fourth-order valence-corrected chi connectivity index (χ4v) is 1.99. The van der Waals surface area contributed by atoms with E-state index in [2.05, 4.69) is 0 Å². The van der Waals surface area contributed by atoms with Crippen LogP contribution in [-0.2, 0) is 9.53 Å². The maximum Gasteiger partial charge on any atom is 0.328 e. The van der Waals surface area contributed by atoms with Crippen LogP contribution in [0.5, 0.6) is 11.5 Å². The van der Waals surface area contributed by atoms with Gasteiger partial charge in [-0.1, -0.05) is 12.1 Å². The van der Waals surface area contributed by atoms with Crippen molar-refractivity contribution in [3.8, 4) is 11.5 Å². The van der Waals surface area contributed by atoms with Gasteiger partial charge in [0.15, 0.2) is 11.5 Å². The van der Waals surface area contributed by atoms with Crippen LogP contribution in [0.15, 0.2) is 24.3 Å². The van der Waals surface area contributed by atoms with E-state index in [1.54, 1.807) is 6.07 Å². The van der Waals surface area contributed by atoms with E-state index in [0.29, 0.717) is 36.9 Å². The fraction of sp³-hybridized carbons (Fsp3) is 0.400. The first-order chi connectivity index (χ1) is 9.70. The SMILES string of the molecule is CCOc1cccc(C=CC(=O)O)c1OC1CCOC1. The van der Waals surface area contributed by atoms with E-state index in [9.17, 15) is 4.79 Å². The zero-order valence-corrected chi connectivity index (χ0v) is 11.4. The Morgan fingerprint density at radius 3 is 3.05 bits per heavy atom. The highest BCUT2D eigenvalue weighted by molar-refractivity contribution is 5.86. The van der Waals surface area contributed by atoms with Gasteiger partial charge in [0.25, 0.3) is 0 Å². The molecule has 1 heterocycles. The summed E-state index contributed by atoms with van der Waals surface area (Å²) in [4.78, 5) is 10.7. The molecule has 1 aromatic carbocycles. The minimum Gasteiger partial charge on any atom is -0.490 e. The summed E-state index contributed by atoms with van der Waals surface area (Å²) in [7, 11) is 0. The Balaban J connectivity index is 2.28. The molecule has 0 aliphatic carbocycles. The van der Waals surface area contributed by atoms with Gasteiger partial charge in [-0.3, -0.25) is 0 Å². The van der Waals surface area contributed by atoms with Gasteiger partial charge < -0.3 is 19.3 Å². The number of carboxylic acid groups (broad SMARTS) is 1. The van der Waals surface area contributed by atoms with Crippen LogP contribution in [0.3, 0.4) is 0 Å². The van der Waals surface area contributed by atoms with Crippen molar-refractivity contribution in [1.82, 2.24) is 0 Å². The molecule has 1 atom stereocenters. The molecule has 1 saturated heterocycles. The molecule has 0 saturated carbocycles. The van der Waals surface area contributed by atoms with E-state index in [1.807, 2.05) is 19.1 Å². The molecule has 5 nitrogen and oxygen atoms in total. The molecule has 1 N–H and O–H groups in total. The second-order valence-corrected chi connectivity index (χ2v) is 4.38. The average molecular weight is 278 g/mol. The van der Waals surface area contributed by atoms with Crippen molar-refractivity contribution in [3.05, 3.63) is 29.8 Å². The lowest BCUT2D eigenvalue weighted by Gasteiger charge is -2.17. The quantitative estimate of drug-likeness (QED) is 0.809. The van der Waals surface area contributed by atoms with Gasteiger partial charge in [0, 0.05) is 18.1 Å². The molecular formula is C15H18O5. The van der Waals surface area contributed by atoms with Crippen LogP contribution < -0.4 is 9.47 Å². The molecule has 0 spiro atoms. The summed E-state index contributed by atoms with van der Waals surface area (Å²) in [5.41, 5.74) is 0.685. The molecule has 0 amide bonds. The molecule has 1 aromatic rings. The maximum atomic E-state index is 10.7. The van der Waals surface area contributed by atoms with Crippen molar-refractivity contribution in [2.45, 2.75) is 19.4 Å². The lowest BCUT2D eigenvalue weighted by molar-refractivity contribution is -0.131. The molecule has 1 aliphatic rings. The molecule has 5 heteroatoms. The molecule has 108 valence electrons. The highest BCUT2D eigenvalue weighted by atomic mass is 16.6. The maximum absolute atomic E-state index is 10.7. The number of hydrogen-bond acceptors (Lipinski definition) is 4. The Labute approximate surface area is 117 Å². The Morgan fingerprint density at radius 1 is 1.55 bits per heavy atom. The minimum atomic E-state index is -0.998. The van der Waals surface area contributed by atoms with Crippen molar-refractivity contribution in [2.75, 3.05) is 19.8 Å². The topological polar surface area (TPSA) is 65.0 Å². The van der Waals surface area contributed by atoms with Crippen molar-refractivity contribution in [2.24, 2.45) is 0 Å². The van der Waals surface area contributed by atoms with Crippen LogP contribution in [-0.4, -0.2) is 37.0 Å². The minimum absolute atomic E-state index is 0.0198. The largest absolute Gasteiger partial charge is 0.490 e. The normalized spacial score (nSPS) is 18.4. The third-order valence-corrected chi connectivity index (χ3v) is 2.89.